The van der Waals surface area contributed by atoms with Crippen LogP contribution in [0.3, 0.4) is 0 Å². The van der Waals surface area contributed by atoms with E-state index in [1.165, 1.54) is 19.3 Å². The van der Waals surface area contributed by atoms with Crippen molar-refractivity contribution in [3.8, 4) is 0 Å². The number of hydrogen-bond acceptors (Lipinski definition) is 9. The van der Waals surface area contributed by atoms with Gasteiger partial charge in [0, 0.05) is 57.9 Å². The number of likely N-dealkylation sites (tertiary alicyclic amines) is 1. The SMILES string of the molecule is C.CC[C@H](C)[C@@H]([C@@H](CC(=O)N1CCC[C@H]1[C@H](OC)[C@@H](C)C(=O)C[C@@H](Cc1ccccc1)C(=O)OCC12CC3CC(CC(C3)C1)C2)OC)N(C)C(=O)[C@@H](CC(=O)[C@@H](NC)C(C)C)C(C)C. The smallest absolute Gasteiger partial charge is 0.309 e. The van der Waals surface area contributed by atoms with Crippen LogP contribution >= 0.6 is 0 Å². The van der Waals surface area contributed by atoms with E-state index in [1.54, 1.807) is 33.2 Å². The molecule has 9 atom stereocenters. The second-order valence-electron chi connectivity index (χ2n) is 21.2. The van der Waals surface area contributed by atoms with Crippen molar-refractivity contribution in [3.05, 3.63) is 35.9 Å². The highest BCUT2D eigenvalue weighted by molar-refractivity contribution is 5.90. The topological polar surface area (TPSA) is 132 Å². The van der Waals surface area contributed by atoms with Crippen LogP contribution in [0.4, 0.5) is 0 Å². The number of nitrogens with one attached hydrogen (secondary N) is 1. The molecular formula is C53H87N3O8. The van der Waals surface area contributed by atoms with Crippen LogP contribution in [0, 0.1) is 58.7 Å². The highest BCUT2D eigenvalue weighted by Gasteiger charge is 2.52. The van der Waals surface area contributed by atoms with Crippen LogP contribution in [-0.2, 0) is 44.6 Å². The average Bonchev–Trinajstić information content (AvgIpc) is 3.73. The number of methoxy groups -OCH3 is 2. The molecule has 64 heavy (non-hydrogen) atoms. The maximum Gasteiger partial charge on any atom is 0.309 e. The standard InChI is InChI=1S/C52H83N3O8.CH4/c1-12-34(6)48(54(9)50(59)41(32(2)3)26-44(57)47(53-8)33(4)5)45(61-10)27-46(58)55-20-16-19-42(55)49(62-11)35(7)43(56)25-40(24-36-17-14-13-15-18-36)51(60)63-31-52-28-37-21-38(29-52)23-39(22-37)30-52;/h13-15,17-18,32-35,37-42,45,47-49,53H,12,16,19-31H2,1-11H3;1H4/t34-,35-,37?,38?,39?,40+,41-,42-,45+,47-,48-,49+,52?;/m0./s1. The zero-order valence-corrected chi connectivity index (χ0v) is 40.7. The van der Waals surface area contributed by atoms with Crippen LogP contribution < -0.4 is 5.32 Å². The Morgan fingerprint density at radius 1 is 0.844 bits per heavy atom. The Morgan fingerprint density at radius 3 is 1.97 bits per heavy atom. The molecule has 1 aliphatic heterocycles. The minimum absolute atomic E-state index is 0. The van der Waals surface area contributed by atoms with Crippen molar-refractivity contribution in [1.82, 2.24) is 15.1 Å². The van der Waals surface area contributed by atoms with Crippen molar-refractivity contribution in [2.45, 2.75) is 170 Å². The molecule has 0 spiro atoms. The Hall–Kier alpha value is -3.15. The Labute approximate surface area is 387 Å². The normalized spacial score (nSPS) is 26.4. The first-order valence-electron chi connectivity index (χ1n) is 24.5. The van der Waals surface area contributed by atoms with Crippen molar-refractivity contribution in [2.24, 2.45) is 58.7 Å². The first kappa shape index (κ1) is 53.5. The molecule has 11 nitrogen and oxygen atoms in total. The minimum Gasteiger partial charge on any atom is -0.465 e. The van der Waals surface area contributed by atoms with Gasteiger partial charge in [0.2, 0.25) is 11.8 Å². The summed E-state index contributed by atoms with van der Waals surface area (Å²) in [6.07, 6.45) is 9.08. The number of ketones is 2. The molecule has 1 N–H and O–H groups in total. The Bertz CT molecular complexity index is 1650. The van der Waals surface area contributed by atoms with Gasteiger partial charge in [-0.2, -0.15) is 0 Å². The predicted octanol–water partition coefficient (Wildman–Crippen LogP) is 8.60. The number of amides is 2. The van der Waals surface area contributed by atoms with Gasteiger partial charge in [-0.1, -0.05) is 92.6 Å². The lowest BCUT2D eigenvalue weighted by molar-refractivity contribution is -0.161. The molecule has 1 aromatic carbocycles. The van der Waals surface area contributed by atoms with Gasteiger partial charge in [0.1, 0.15) is 5.78 Å². The number of likely N-dealkylation sites (N-methyl/N-ethyl adjacent to an activating group) is 2. The summed E-state index contributed by atoms with van der Waals surface area (Å²) in [7, 11) is 6.76. The minimum atomic E-state index is -0.622. The summed E-state index contributed by atoms with van der Waals surface area (Å²) < 4.78 is 18.5. The van der Waals surface area contributed by atoms with Gasteiger partial charge >= 0.3 is 5.97 Å². The lowest BCUT2D eigenvalue weighted by Crippen LogP contribution is -2.54. The van der Waals surface area contributed by atoms with Gasteiger partial charge in [0.05, 0.1) is 49.3 Å². The van der Waals surface area contributed by atoms with E-state index < -0.39 is 36.0 Å². The summed E-state index contributed by atoms with van der Waals surface area (Å²) in [5.74, 6) is -0.0118. The highest BCUT2D eigenvalue weighted by atomic mass is 16.5. The fraction of sp³-hybridized carbons (Fsp3) is 0.792. The number of ether oxygens (including phenoxy) is 3. The molecule has 362 valence electrons. The molecule has 5 fully saturated rings. The van der Waals surface area contributed by atoms with Gasteiger partial charge in [-0.25, -0.2) is 0 Å². The third kappa shape index (κ3) is 12.8. The van der Waals surface area contributed by atoms with E-state index in [1.807, 2.05) is 69.9 Å². The van der Waals surface area contributed by atoms with E-state index >= 15 is 0 Å². The number of benzene rings is 1. The van der Waals surface area contributed by atoms with Crippen LogP contribution in [0.1, 0.15) is 139 Å². The number of Topliss-reactive ketones (excluding diaryl/α,β-unsaturated/α-hetero) is 2. The van der Waals surface area contributed by atoms with E-state index in [0.717, 1.165) is 55.4 Å². The maximum absolute atomic E-state index is 14.5. The van der Waals surface area contributed by atoms with Crippen LogP contribution in [-0.4, -0.2) is 111 Å². The van der Waals surface area contributed by atoms with Gasteiger partial charge in [0.25, 0.3) is 0 Å². The van der Waals surface area contributed by atoms with Crippen LogP contribution in [0.15, 0.2) is 30.3 Å². The van der Waals surface area contributed by atoms with Crippen molar-refractivity contribution in [1.29, 1.82) is 0 Å². The third-order valence-electron chi connectivity index (χ3n) is 16.0. The number of carbonyl (C=O) groups excluding carboxylic acids is 5. The van der Waals surface area contributed by atoms with Crippen LogP contribution in [0.5, 0.6) is 0 Å². The first-order chi connectivity index (χ1) is 30.0. The number of hydrogen-bond donors (Lipinski definition) is 1. The summed E-state index contributed by atoms with van der Waals surface area (Å²) in [5.41, 5.74) is 1.07. The Morgan fingerprint density at radius 2 is 1.45 bits per heavy atom. The van der Waals surface area contributed by atoms with Crippen LogP contribution in [0.2, 0.25) is 0 Å². The summed E-state index contributed by atoms with van der Waals surface area (Å²) in [6.45, 7) is 14.9. The number of nitrogens with zero attached hydrogens (tertiary/aromatic N) is 2. The summed E-state index contributed by atoms with van der Waals surface area (Å²) >= 11 is 0. The summed E-state index contributed by atoms with van der Waals surface area (Å²) in [4.78, 5) is 74.2. The van der Waals surface area contributed by atoms with E-state index in [9.17, 15) is 24.0 Å². The summed E-state index contributed by atoms with van der Waals surface area (Å²) in [6, 6.07) is 8.77. The second-order valence-corrected chi connectivity index (χ2v) is 21.2. The maximum atomic E-state index is 14.5. The quantitative estimate of drug-likeness (QED) is 0.0960. The Balaban J connectivity index is 0.00000898. The van der Waals surface area contributed by atoms with Crippen LogP contribution in [0.25, 0.3) is 0 Å². The van der Waals surface area contributed by atoms with Crippen molar-refractivity contribution < 1.29 is 38.2 Å². The van der Waals surface area contributed by atoms with E-state index in [-0.39, 0.29) is 91.3 Å². The molecule has 11 heteroatoms. The van der Waals surface area contributed by atoms with Gasteiger partial charge < -0.3 is 29.3 Å². The molecular weight excluding hydrogens is 807 g/mol. The molecule has 6 rings (SSSR count). The van der Waals surface area contributed by atoms with Gasteiger partial charge in [0.15, 0.2) is 5.78 Å². The lowest BCUT2D eigenvalue weighted by atomic mass is 9.50. The van der Waals surface area contributed by atoms with Crippen molar-refractivity contribution >= 4 is 29.4 Å². The summed E-state index contributed by atoms with van der Waals surface area (Å²) in [5, 5.41) is 3.13. The average molecular weight is 894 g/mol. The second kappa shape index (κ2) is 24.0. The molecule has 1 aromatic rings. The monoisotopic (exact) mass is 894 g/mol. The highest BCUT2D eigenvalue weighted by Crippen LogP contribution is 2.60. The number of esters is 1. The van der Waals surface area contributed by atoms with E-state index in [2.05, 4.69) is 19.2 Å². The lowest BCUT2D eigenvalue weighted by Gasteiger charge is -2.56. The number of rotatable bonds is 25. The third-order valence-corrected chi connectivity index (χ3v) is 16.0. The van der Waals surface area contributed by atoms with Gasteiger partial charge in [-0.05, 0) is 106 Å². The van der Waals surface area contributed by atoms with Gasteiger partial charge in [-0.15, -0.1) is 0 Å². The zero-order chi connectivity index (χ0) is 46.2. The molecule has 1 saturated heterocycles. The van der Waals surface area contributed by atoms with Gasteiger partial charge in [-0.3, -0.25) is 24.0 Å². The van der Waals surface area contributed by atoms with Crippen molar-refractivity contribution in [2.75, 3.05) is 41.5 Å². The molecule has 0 unspecified atom stereocenters. The molecule has 4 bridgehead atoms. The molecule has 4 aliphatic carbocycles. The molecule has 0 radical (unpaired) electrons. The van der Waals surface area contributed by atoms with E-state index in [4.69, 9.17) is 14.2 Å². The first-order valence-corrected chi connectivity index (χ1v) is 24.5. The fourth-order valence-electron chi connectivity index (χ4n) is 12.8. The molecule has 0 aromatic heterocycles. The molecule has 2 amide bonds. The zero-order valence-electron chi connectivity index (χ0n) is 40.7. The molecule has 1 heterocycles. The fourth-order valence-corrected chi connectivity index (χ4v) is 12.8. The van der Waals surface area contributed by atoms with Crippen molar-refractivity contribution in [3.63, 3.8) is 0 Å². The molecule has 5 aliphatic rings. The largest absolute Gasteiger partial charge is 0.465 e. The molecule has 4 saturated carbocycles. The Kier molecular flexibility index (Phi) is 20.1. The van der Waals surface area contributed by atoms with E-state index in [0.29, 0.717) is 26.0 Å². The predicted molar refractivity (Wildman–Crippen MR) is 253 cm³/mol. The number of carbonyl (C=O) groups is 5.